The molecule has 2 aliphatic heterocycles. The Hall–Kier alpha value is -3.39. The molecule has 3 N–H and O–H groups in total. The van der Waals surface area contributed by atoms with Gasteiger partial charge in [0.15, 0.2) is 5.82 Å². The van der Waals surface area contributed by atoms with Gasteiger partial charge in [0.1, 0.15) is 11.9 Å². The van der Waals surface area contributed by atoms with E-state index in [0.717, 1.165) is 16.9 Å². The van der Waals surface area contributed by atoms with Crippen LogP contribution in [0.5, 0.6) is 5.75 Å². The molecule has 8 heteroatoms. The fourth-order valence-electron chi connectivity index (χ4n) is 3.92. The highest BCUT2D eigenvalue weighted by atomic mass is 16.5. The Bertz CT molecular complexity index is 1070. The van der Waals surface area contributed by atoms with Crippen LogP contribution in [0, 0.1) is 5.41 Å². The summed E-state index contributed by atoms with van der Waals surface area (Å²) in [4.78, 5) is 31.0. The van der Waals surface area contributed by atoms with Crippen molar-refractivity contribution in [1.82, 2.24) is 9.88 Å². The summed E-state index contributed by atoms with van der Waals surface area (Å²) >= 11 is 0. The molecule has 0 radical (unpaired) electrons. The third kappa shape index (κ3) is 4.18. The lowest BCUT2D eigenvalue weighted by Gasteiger charge is -2.22. The molecule has 1 aromatic heterocycles. The van der Waals surface area contributed by atoms with Gasteiger partial charge in [0.05, 0.1) is 17.7 Å². The van der Waals surface area contributed by atoms with Crippen LogP contribution in [0.15, 0.2) is 42.6 Å². The van der Waals surface area contributed by atoms with Gasteiger partial charge in [0.25, 0.3) is 0 Å². The number of aromatic nitrogens is 1. The van der Waals surface area contributed by atoms with Crippen molar-refractivity contribution in [3.05, 3.63) is 53.7 Å². The lowest BCUT2D eigenvalue weighted by molar-refractivity contribution is -0.126. The summed E-state index contributed by atoms with van der Waals surface area (Å²) < 4.78 is 5.91. The van der Waals surface area contributed by atoms with E-state index in [9.17, 15) is 14.7 Å². The molecule has 2 amide bonds. The number of likely N-dealkylation sites (N-methyl/N-ethyl adjacent to an activating group) is 1. The van der Waals surface area contributed by atoms with Gasteiger partial charge in [-0.2, -0.15) is 0 Å². The molecule has 2 aromatic rings. The average molecular weight is 437 g/mol. The van der Waals surface area contributed by atoms with Crippen molar-refractivity contribution < 1.29 is 19.4 Å². The second-order valence-electron chi connectivity index (χ2n) is 8.71. The van der Waals surface area contributed by atoms with Crippen LogP contribution in [0.25, 0.3) is 6.08 Å². The number of hydrogen-bond donors (Lipinski definition) is 3. The van der Waals surface area contributed by atoms with Gasteiger partial charge in [-0.25, -0.2) is 4.98 Å². The number of benzene rings is 1. The number of amides is 2. The van der Waals surface area contributed by atoms with Gasteiger partial charge < -0.3 is 25.4 Å². The lowest BCUT2D eigenvalue weighted by Crippen LogP contribution is -2.40. The minimum atomic E-state index is -0.935. The van der Waals surface area contributed by atoms with E-state index in [1.165, 1.54) is 6.08 Å². The number of nitrogens with zero attached hydrogens (tertiary/aromatic N) is 2. The number of aliphatic hydroxyl groups excluding tert-OH is 1. The minimum Gasteiger partial charge on any atom is -0.490 e. The molecule has 0 saturated carbocycles. The maximum atomic E-state index is 12.7. The van der Waals surface area contributed by atoms with Crippen LogP contribution in [0.4, 0.5) is 11.5 Å². The van der Waals surface area contributed by atoms with Crippen LogP contribution in [-0.4, -0.2) is 59.7 Å². The molecule has 3 atom stereocenters. The fourth-order valence-corrected chi connectivity index (χ4v) is 3.92. The van der Waals surface area contributed by atoms with Crippen molar-refractivity contribution in [2.75, 3.05) is 37.4 Å². The third-order valence-corrected chi connectivity index (χ3v) is 6.17. The number of hydrogen-bond acceptors (Lipinski definition) is 6. The van der Waals surface area contributed by atoms with Crippen molar-refractivity contribution in [2.24, 2.45) is 5.41 Å². The maximum absolute atomic E-state index is 12.7. The normalized spacial score (nSPS) is 24.1. The molecular weight excluding hydrogens is 408 g/mol. The first-order valence-electron chi connectivity index (χ1n) is 10.7. The first kappa shape index (κ1) is 21.8. The van der Waals surface area contributed by atoms with E-state index in [4.69, 9.17) is 4.74 Å². The predicted octanol–water partition coefficient (Wildman–Crippen LogP) is 2.48. The smallest absolute Gasteiger partial charge is 0.246 e. The van der Waals surface area contributed by atoms with E-state index >= 15 is 0 Å². The van der Waals surface area contributed by atoms with Crippen LogP contribution < -0.4 is 15.4 Å². The van der Waals surface area contributed by atoms with Crippen molar-refractivity contribution in [3.8, 4) is 5.75 Å². The summed E-state index contributed by atoms with van der Waals surface area (Å²) in [6.07, 6.45) is 4.82. The SMILES string of the molecule is CC1Oc2ccccc2C1CN(C)C(=O)/C=C/c1cnc2c(c1)NCC(C)(CO)C(=O)N2. The molecule has 2 aliphatic rings. The van der Waals surface area contributed by atoms with Gasteiger partial charge in [-0.05, 0) is 37.6 Å². The Morgan fingerprint density at radius 1 is 1.41 bits per heavy atom. The van der Waals surface area contributed by atoms with E-state index in [0.29, 0.717) is 18.1 Å². The molecule has 0 spiro atoms. The van der Waals surface area contributed by atoms with Crippen LogP contribution in [0.2, 0.25) is 0 Å². The Balaban J connectivity index is 1.43. The molecular formula is C24H28N4O4. The molecule has 168 valence electrons. The van der Waals surface area contributed by atoms with Crippen molar-refractivity contribution in [3.63, 3.8) is 0 Å². The summed E-state index contributed by atoms with van der Waals surface area (Å²) in [5.41, 5.74) is 1.56. The standard InChI is InChI=1S/C24H28N4O4/c1-15-18(17-6-4-5-7-20(17)32-15)12-28(3)21(30)9-8-16-10-19-22(25-11-16)27-23(31)24(2,14-29)13-26-19/h4-11,15,18,26,29H,12-14H2,1-3H3,(H,25,27,31)/b9-8+. The average Bonchev–Trinajstić information content (AvgIpc) is 3.04. The number of anilines is 2. The molecule has 32 heavy (non-hydrogen) atoms. The third-order valence-electron chi connectivity index (χ3n) is 6.17. The van der Waals surface area contributed by atoms with Gasteiger partial charge in [-0.1, -0.05) is 18.2 Å². The summed E-state index contributed by atoms with van der Waals surface area (Å²) in [5, 5.41) is 15.5. The van der Waals surface area contributed by atoms with Crippen molar-refractivity contribution >= 4 is 29.4 Å². The monoisotopic (exact) mass is 436 g/mol. The van der Waals surface area contributed by atoms with Crippen LogP contribution in [0.1, 0.15) is 30.9 Å². The number of nitrogens with one attached hydrogen (secondary N) is 2. The largest absolute Gasteiger partial charge is 0.490 e. The zero-order valence-electron chi connectivity index (χ0n) is 18.5. The first-order chi connectivity index (χ1) is 15.3. The van der Waals surface area contributed by atoms with Gasteiger partial charge in [-0.15, -0.1) is 0 Å². The number of aliphatic hydroxyl groups is 1. The Morgan fingerprint density at radius 2 is 2.19 bits per heavy atom. The number of carbonyl (C=O) groups excluding carboxylic acids is 2. The summed E-state index contributed by atoms with van der Waals surface area (Å²) in [6, 6.07) is 9.76. The van der Waals surface area contributed by atoms with Gasteiger partial charge in [0, 0.05) is 43.9 Å². The number of carbonyl (C=O) groups is 2. The number of fused-ring (bicyclic) bond motifs is 2. The maximum Gasteiger partial charge on any atom is 0.246 e. The molecule has 1 aromatic carbocycles. The zero-order chi connectivity index (χ0) is 22.9. The van der Waals surface area contributed by atoms with Gasteiger partial charge in [-0.3, -0.25) is 9.59 Å². The highest BCUT2D eigenvalue weighted by molar-refractivity contribution is 5.99. The number of pyridine rings is 1. The molecule has 0 aliphatic carbocycles. The summed E-state index contributed by atoms with van der Waals surface area (Å²) in [6.45, 7) is 4.26. The highest BCUT2D eigenvalue weighted by Crippen LogP contribution is 2.38. The lowest BCUT2D eigenvalue weighted by atomic mass is 9.91. The first-order valence-corrected chi connectivity index (χ1v) is 10.7. The molecule has 3 unspecified atom stereocenters. The van der Waals surface area contributed by atoms with Crippen molar-refractivity contribution in [1.29, 1.82) is 0 Å². The van der Waals surface area contributed by atoms with E-state index in [1.807, 2.05) is 37.3 Å². The zero-order valence-corrected chi connectivity index (χ0v) is 18.5. The highest BCUT2D eigenvalue weighted by Gasteiger charge is 2.36. The van der Waals surface area contributed by atoms with E-state index < -0.39 is 5.41 Å². The number of para-hydroxylation sites is 1. The molecule has 0 bridgehead atoms. The predicted molar refractivity (Wildman–Crippen MR) is 122 cm³/mol. The van der Waals surface area contributed by atoms with Crippen LogP contribution in [0.3, 0.4) is 0 Å². The molecule has 3 heterocycles. The van der Waals surface area contributed by atoms with Crippen LogP contribution >= 0.6 is 0 Å². The topological polar surface area (TPSA) is 104 Å². The quantitative estimate of drug-likeness (QED) is 0.622. The second-order valence-corrected chi connectivity index (χ2v) is 8.71. The Kier molecular flexibility index (Phi) is 5.88. The summed E-state index contributed by atoms with van der Waals surface area (Å²) in [5.74, 6) is 1.00. The minimum absolute atomic E-state index is 0.00583. The number of rotatable bonds is 5. The van der Waals surface area contributed by atoms with Crippen LogP contribution in [-0.2, 0) is 9.59 Å². The Labute approximate surface area is 187 Å². The summed E-state index contributed by atoms with van der Waals surface area (Å²) in [7, 11) is 1.78. The number of ether oxygens (including phenoxy) is 1. The molecule has 8 nitrogen and oxygen atoms in total. The Morgan fingerprint density at radius 3 is 2.97 bits per heavy atom. The van der Waals surface area contributed by atoms with Gasteiger partial charge in [0.2, 0.25) is 11.8 Å². The van der Waals surface area contributed by atoms with E-state index in [2.05, 4.69) is 15.6 Å². The van der Waals surface area contributed by atoms with E-state index in [1.54, 1.807) is 31.1 Å². The molecule has 4 rings (SSSR count). The second kappa shape index (κ2) is 8.63. The fraction of sp³-hybridized carbons (Fsp3) is 0.375. The van der Waals surface area contributed by atoms with Gasteiger partial charge >= 0.3 is 0 Å². The molecule has 0 saturated heterocycles. The van der Waals surface area contributed by atoms with Crippen molar-refractivity contribution in [2.45, 2.75) is 25.9 Å². The van der Waals surface area contributed by atoms with E-state index in [-0.39, 0.29) is 37.0 Å². The molecule has 0 fully saturated rings.